The van der Waals surface area contributed by atoms with E-state index < -0.39 is 5.60 Å². The SMILES string of the molecule is CC(N)C1CCCN(CC(C)(C)O)C1.Cl.Cl. The molecule has 100 valence electrons. The Balaban J connectivity index is 0. The average molecular weight is 273 g/mol. The van der Waals surface area contributed by atoms with Crippen LogP contribution in [-0.4, -0.2) is 41.3 Å². The first-order valence-electron chi connectivity index (χ1n) is 5.59. The minimum atomic E-state index is -0.584. The Morgan fingerprint density at radius 2 is 2.00 bits per heavy atom. The second kappa shape index (κ2) is 7.72. The number of hydrogen-bond donors (Lipinski definition) is 2. The van der Waals surface area contributed by atoms with Gasteiger partial charge in [0.1, 0.15) is 0 Å². The van der Waals surface area contributed by atoms with Crippen molar-refractivity contribution in [3.8, 4) is 0 Å². The van der Waals surface area contributed by atoms with Gasteiger partial charge in [-0.2, -0.15) is 0 Å². The summed E-state index contributed by atoms with van der Waals surface area (Å²) >= 11 is 0. The second-order valence-electron chi connectivity index (χ2n) is 5.31. The van der Waals surface area contributed by atoms with Crippen LogP contribution in [0.5, 0.6) is 0 Å². The number of halogens is 2. The fourth-order valence-electron chi connectivity index (χ4n) is 2.21. The van der Waals surface area contributed by atoms with Crippen molar-refractivity contribution in [2.45, 2.75) is 45.3 Å². The van der Waals surface area contributed by atoms with Crippen LogP contribution in [0.1, 0.15) is 33.6 Å². The molecule has 0 aliphatic carbocycles. The number of rotatable bonds is 3. The summed E-state index contributed by atoms with van der Waals surface area (Å²) < 4.78 is 0. The molecule has 16 heavy (non-hydrogen) atoms. The van der Waals surface area contributed by atoms with E-state index in [1.54, 1.807) is 0 Å². The van der Waals surface area contributed by atoms with Gasteiger partial charge in [-0.25, -0.2) is 0 Å². The van der Waals surface area contributed by atoms with Crippen LogP contribution >= 0.6 is 24.8 Å². The number of nitrogens with zero attached hydrogens (tertiary/aromatic N) is 1. The predicted molar refractivity (Wildman–Crippen MR) is 73.6 cm³/mol. The third-order valence-corrected chi connectivity index (χ3v) is 2.90. The minimum absolute atomic E-state index is 0. The summed E-state index contributed by atoms with van der Waals surface area (Å²) in [5.74, 6) is 0.603. The molecule has 1 aliphatic heterocycles. The van der Waals surface area contributed by atoms with Gasteiger partial charge in [0, 0.05) is 19.1 Å². The molecule has 1 fully saturated rings. The molecule has 3 N–H and O–H groups in total. The zero-order valence-electron chi connectivity index (χ0n) is 10.5. The van der Waals surface area contributed by atoms with Gasteiger partial charge < -0.3 is 15.7 Å². The molecular formula is C11H26Cl2N2O. The van der Waals surface area contributed by atoms with Crippen LogP contribution in [-0.2, 0) is 0 Å². The van der Waals surface area contributed by atoms with Crippen molar-refractivity contribution in [1.82, 2.24) is 4.90 Å². The van der Waals surface area contributed by atoms with Gasteiger partial charge >= 0.3 is 0 Å². The Labute approximate surface area is 112 Å². The maximum Gasteiger partial charge on any atom is 0.0718 e. The highest BCUT2D eigenvalue weighted by molar-refractivity contribution is 5.85. The molecule has 0 aromatic heterocycles. The van der Waals surface area contributed by atoms with E-state index in [9.17, 15) is 5.11 Å². The Bertz CT molecular complexity index is 183. The summed E-state index contributed by atoms with van der Waals surface area (Å²) in [6.45, 7) is 8.72. The van der Waals surface area contributed by atoms with Crippen molar-refractivity contribution in [3.05, 3.63) is 0 Å². The smallest absolute Gasteiger partial charge is 0.0718 e. The highest BCUT2D eigenvalue weighted by Gasteiger charge is 2.26. The number of β-amino-alcohol motifs (C(OH)–C–C–N with tert-alkyl or cyclic N) is 1. The van der Waals surface area contributed by atoms with E-state index in [0.29, 0.717) is 5.92 Å². The zero-order chi connectivity index (χ0) is 10.8. The van der Waals surface area contributed by atoms with Crippen LogP contribution in [0.2, 0.25) is 0 Å². The van der Waals surface area contributed by atoms with E-state index >= 15 is 0 Å². The first kappa shape index (κ1) is 18.8. The molecule has 0 bridgehead atoms. The predicted octanol–water partition coefficient (Wildman–Crippen LogP) is 1.66. The van der Waals surface area contributed by atoms with Crippen molar-refractivity contribution in [3.63, 3.8) is 0 Å². The minimum Gasteiger partial charge on any atom is -0.389 e. The van der Waals surface area contributed by atoms with E-state index in [0.717, 1.165) is 19.6 Å². The van der Waals surface area contributed by atoms with E-state index in [-0.39, 0.29) is 30.9 Å². The third-order valence-electron chi connectivity index (χ3n) is 2.90. The van der Waals surface area contributed by atoms with Crippen LogP contribution in [0, 0.1) is 5.92 Å². The molecule has 0 spiro atoms. The number of likely N-dealkylation sites (tertiary alicyclic amines) is 1. The fourth-order valence-corrected chi connectivity index (χ4v) is 2.21. The highest BCUT2D eigenvalue weighted by Crippen LogP contribution is 2.20. The number of nitrogens with two attached hydrogens (primary N) is 1. The molecule has 2 atom stereocenters. The molecule has 5 heteroatoms. The molecule has 1 aliphatic rings. The maximum absolute atomic E-state index is 9.72. The first-order chi connectivity index (χ1) is 6.38. The standard InChI is InChI=1S/C11H24N2O.2ClH/c1-9(12)10-5-4-6-13(7-10)8-11(2,3)14;;/h9-10,14H,4-8,12H2,1-3H3;2*1H. The van der Waals surface area contributed by atoms with Gasteiger partial charge in [0.05, 0.1) is 5.60 Å². The van der Waals surface area contributed by atoms with Crippen molar-refractivity contribution < 1.29 is 5.11 Å². The number of aliphatic hydroxyl groups is 1. The van der Waals surface area contributed by atoms with E-state index in [1.165, 1.54) is 12.8 Å². The van der Waals surface area contributed by atoms with Crippen LogP contribution in [0.3, 0.4) is 0 Å². The van der Waals surface area contributed by atoms with Gasteiger partial charge in [-0.3, -0.25) is 0 Å². The Morgan fingerprint density at radius 3 is 2.44 bits per heavy atom. The first-order valence-corrected chi connectivity index (χ1v) is 5.59. The number of hydrogen-bond acceptors (Lipinski definition) is 3. The molecule has 0 aromatic carbocycles. The van der Waals surface area contributed by atoms with E-state index in [2.05, 4.69) is 11.8 Å². The summed E-state index contributed by atoms with van der Waals surface area (Å²) in [4.78, 5) is 2.33. The van der Waals surface area contributed by atoms with Crippen LogP contribution < -0.4 is 5.73 Å². The molecule has 0 aromatic rings. The summed E-state index contributed by atoms with van der Waals surface area (Å²) in [6, 6.07) is 0.277. The van der Waals surface area contributed by atoms with Crippen LogP contribution in [0.15, 0.2) is 0 Å². The van der Waals surface area contributed by atoms with Crippen molar-refractivity contribution >= 4 is 24.8 Å². The van der Waals surface area contributed by atoms with Crippen molar-refractivity contribution in [1.29, 1.82) is 0 Å². The summed E-state index contributed by atoms with van der Waals surface area (Å²) in [6.07, 6.45) is 2.45. The molecule has 0 radical (unpaired) electrons. The Kier molecular flexibility index (Phi) is 9.08. The Hall–Kier alpha value is 0.460. The molecule has 3 nitrogen and oxygen atoms in total. The summed E-state index contributed by atoms with van der Waals surface area (Å²) in [7, 11) is 0. The molecular weight excluding hydrogens is 247 g/mol. The van der Waals surface area contributed by atoms with Gasteiger partial charge in [-0.15, -0.1) is 24.8 Å². The monoisotopic (exact) mass is 272 g/mol. The lowest BCUT2D eigenvalue weighted by atomic mass is 9.91. The van der Waals surface area contributed by atoms with E-state index in [4.69, 9.17) is 5.73 Å². The van der Waals surface area contributed by atoms with E-state index in [1.807, 2.05) is 13.8 Å². The van der Waals surface area contributed by atoms with Crippen molar-refractivity contribution in [2.75, 3.05) is 19.6 Å². The lowest BCUT2D eigenvalue weighted by Crippen LogP contribution is -2.47. The quantitative estimate of drug-likeness (QED) is 0.822. The molecule has 0 amide bonds. The largest absolute Gasteiger partial charge is 0.389 e. The second-order valence-corrected chi connectivity index (χ2v) is 5.31. The lowest BCUT2D eigenvalue weighted by Gasteiger charge is -2.37. The molecule has 1 rings (SSSR count). The zero-order valence-corrected chi connectivity index (χ0v) is 12.1. The molecule has 0 saturated carbocycles. The average Bonchev–Trinajstić information content (AvgIpc) is 2.01. The molecule has 1 heterocycles. The maximum atomic E-state index is 9.72. The molecule has 2 unspecified atom stereocenters. The normalized spacial score (nSPS) is 24.2. The van der Waals surface area contributed by atoms with Crippen LogP contribution in [0.25, 0.3) is 0 Å². The van der Waals surface area contributed by atoms with Gasteiger partial charge in [0.2, 0.25) is 0 Å². The molecule has 1 saturated heterocycles. The fraction of sp³-hybridized carbons (Fsp3) is 1.00. The third kappa shape index (κ3) is 6.92. The van der Waals surface area contributed by atoms with Gasteiger partial charge in [-0.05, 0) is 46.1 Å². The summed E-state index contributed by atoms with van der Waals surface area (Å²) in [5, 5.41) is 9.72. The van der Waals surface area contributed by atoms with Crippen LogP contribution in [0.4, 0.5) is 0 Å². The topological polar surface area (TPSA) is 49.5 Å². The highest BCUT2D eigenvalue weighted by atomic mass is 35.5. The van der Waals surface area contributed by atoms with Crippen molar-refractivity contribution in [2.24, 2.45) is 11.7 Å². The summed E-state index contributed by atoms with van der Waals surface area (Å²) in [5.41, 5.74) is 5.32. The van der Waals surface area contributed by atoms with Gasteiger partial charge in [0.25, 0.3) is 0 Å². The Morgan fingerprint density at radius 1 is 1.44 bits per heavy atom. The van der Waals surface area contributed by atoms with Gasteiger partial charge in [-0.1, -0.05) is 0 Å². The van der Waals surface area contributed by atoms with Gasteiger partial charge in [0.15, 0.2) is 0 Å². The lowest BCUT2D eigenvalue weighted by molar-refractivity contribution is 0.0197. The number of piperidine rings is 1.